The summed E-state index contributed by atoms with van der Waals surface area (Å²) in [5.41, 5.74) is 1.05. The van der Waals surface area contributed by atoms with Gasteiger partial charge in [-0.2, -0.15) is 13.2 Å². The Morgan fingerprint density at radius 1 is 0.793 bits per heavy atom. The first-order valence-electron chi connectivity index (χ1n) is 9.75. The fourth-order valence-corrected chi connectivity index (χ4v) is 3.15. The molecule has 0 aliphatic heterocycles. The topological polar surface area (TPSA) is 9.23 Å². The number of hydrogen-bond acceptors (Lipinski definition) is 1. The van der Waals surface area contributed by atoms with Crippen LogP contribution in [0.4, 0.5) is 13.2 Å². The van der Waals surface area contributed by atoms with Crippen LogP contribution in [0.15, 0.2) is 48.5 Å². The van der Waals surface area contributed by atoms with Crippen molar-refractivity contribution in [1.82, 2.24) is 0 Å². The lowest BCUT2D eigenvalue weighted by Gasteiger charge is -2.35. The zero-order chi connectivity index (χ0) is 20.6. The molecule has 2 nitrogen and oxygen atoms in total. The Kier molecular flexibility index (Phi) is 10.2. The zero-order valence-electron chi connectivity index (χ0n) is 17.2. The number of alkyl halides is 3. The number of rotatable bonds is 9. The van der Waals surface area contributed by atoms with Crippen LogP contribution >= 0.6 is 0 Å². The maximum atomic E-state index is 12.6. The molecule has 0 spiro atoms. The molecule has 0 heterocycles. The van der Waals surface area contributed by atoms with E-state index in [1.54, 1.807) is 6.08 Å². The van der Waals surface area contributed by atoms with E-state index in [0.29, 0.717) is 6.61 Å². The third kappa shape index (κ3) is 7.66. The van der Waals surface area contributed by atoms with Crippen LogP contribution in [-0.4, -0.2) is 37.3 Å². The standard InChI is InChI=1S/C23H29F3NO.HI/c1-4-27(5-2,6-3)17-18-28-22-15-11-20(12-16-22)8-7-19-9-13-21(14-10-19)23(24,25)26;/h7-16H,4-6,17-18H2,1-3H3;1H/q+1;/p-1/b8-7+;. The molecule has 2 aromatic rings. The van der Waals surface area contributed by atoms with Crippen LogP contribution < -0.4 is 28.7 Å². The summed E-state index contributed by atoms with van der Waals surface area (Å²) >= 11 is 0. The van der Waals surface area contributed by atoms with Gasteiger partial charge in [0.25, 0.3) is 0 Å². The highest BCUT2D eigenvalue weighted by Gasteiger charge is 2.29. The first-order valence-corrected chi connectivity index (χ1v) is 9.75. The maximum absolute atomic E-state index is 12.6. The molecule has 0 radical (unpaired) electrons. The second-order valence-electron chi connectivity index (χ2n) is 6.88. The highest BCUT2D eigenvalue weighted by atomic mass is 127. The van der Waals surface area contributed by atoms with E-state index in [2.05, 4.69) is 20.8 Å². The normalized spacial score (nSPS) is 12.1. The van der Waals surface area contributed by atoms with Gasteiger partial charge < -0.3 is 33.2 Å². The van der Waals surface area contributed by atoms with Crippen LogP contribution in [-0.2, 0) is 6.18 Å². The molecule has 0 aliphatic rings. The molecule has 0 aliphatic carbocycles. The van der Waals surface area contributed by atoms with Crippen molar-refractivity contribution in [2.24, 2.45) is 0 Å². The van der Waals surface area contributed by atoms with E-state index in [1.807, 2.05) is 30.3 Å². The molecular weight excluding hydrogens is 490 g/mol. The van der Waals surface area contributed by atoms with E-state index < -0.39 is 11.7 Å². The van der Waals surface area contributed by atoms with Gasteiger partial charge in [0.05, 0.1) is 25.2 Å². The van der Waals surface area contributed by atoms with E-state index >= 15 is 0 Å². The van der Waals surface area contributed by atoms with E-state index in [1.165, 1.54) is 12.1 Å². The number of benzene rings is 2. The molecule has 0 saturated carbocycles. The maximum Gasteiger partial charge on any atom is 0.416 e. The van der Waals surface area contributed by atoms with E-state index in [0.717, 1.165) is 59.7 Å². The summed E-state index contributed by atoms with van der Waals surface area (Å²) in [5.74, 6) is 0.827. The van der Waals surface area contributed by atoms with Gasteiger partial charge in [0.1, 0.15) is 18.9 Å². The van der Waals surface area contributed by atoms with Crippen molar-refractivity contribution >= 4 is 12.2 Å². The van der Waals surface area contributed by atoms with Crippen molar-refractivity contribution in [3.8, 4) is 5.75 Å². The predicted molar refractivity (Wildman–Crippen MR) is 109 cm³/mol. The monoisotopic (exact) mass is 519 g/mol. The predicted octanol–water partition coefficient (Wildman–Crippen LogP) is 3.14. The average molecular weight is 519 g/mol. The number of nitrogens with zero attached hydrogens (tertiary/aromatic N) is 1. The van der Waals surface area contributed by atoms with Crippen molar-refractivity contribution in [1.29, 1.82) is 0 Å². The minimum absolute atomic E-state index is 0. The van der Waals surface area contributed by atoms with Gasteiger partial charge in [-0.15, -0.1) is 0 Å². The third-order valence-corrected chi connectivity index (χ3v) is 5.43. The van der Waals surface area contributed by atoms with Crippen molar-refractivity contribution in [3.63, 3.8) is 0 Å². The van der Waals surface area contributed by atoms with Gasteiger partial charge in [0.15, 0.2) is 0 Å². The SMILES string of the molecule is CC[N+](CC)(CC)CCOc1ccc(/C=C/c2ccc(C(F)(F)F)cc2)cc1.[I-]. The zero-order valence-corrected chi connectivity index (χ0v) is 19.3. The fourth-order valence-electron chi connectivity index (χ4n) is 3.15. The highest BCUT2D eigenvalue weighted by Crippen LogP contribution is 2.29. The van der Waals surface area contributed by atoms with Gasteiger partial charge in [0, 0.05) is 0 Å². The summed E-state index contributed by atoms with van der Waals surface area (Å²) in [5, 5.41) is 0. The molecular formula is C23H29F3INO. The van der Waals surface area contributed by atoms with Crippen molar-refractivity contribution in [2.75, 3.05) is 32.8 Å². The molecule has 0 fully saturated rings. The molecule has 0 amide bonds. The van der Waals surface area contributed by atoms with Crippen LogP contribution in [0.1, 0.15) is 37.5 Å². The molecule has 0 bridgehead atoms. The summed E-state index contributed by atoms with van der Waals surface area (Å²) in [6.07, 6.45) is -0.632. The smallest absolute Gasteiger partial charge is 0.416 e. The summed E-state index contributed by atoms with van der Waals surface area (Å²) < 4.78 is 44.7. The van der Waals surface area contributed by atoms with E-state index in [4.69, 9.17) is 4.74 Å². The molecule has 2 aromatic carbocycles. The highest BCUT2D eigenvalue weighted by molar-refractivity contribution is 5.69. The largest absolute Gasteiger partial charge is 1.00 e. The van der Waals surface area contributed by atoms with Crippen LogP contribution in [0.2, 0.25) is 0 Å². The summed E-state index contributed by atoms with van der Waals surface area (Å²) in [7, 11) is 0. The lowest BCUT2D eigenvalue weighted by molar-refractivity contribution is -0.923. The minimum atomic E-state index is -4.30. The Morgan fingerprint density at radius 2 is 1.24 bits per heavy atom. The van der Waals surface area contributed by atoms with Crippen LogP contribution in [0, 0.1) is 0 Å². The first-order chi connectivity index (χ1) is 13.3. The number of ether oxygens (including phenoxy) is 1. The Bertz CT molecular complexity index is 743. The lowest BCUT2D eigenvalue weighted by Crippen LogP contribution is -3.00. The van der Waals surface area contributed by atoms with E-state index in [-0.39, 0.29) is 24.0 Å². The molecule has 6 heteroatoms. The van der Waals surface area contributed by atoms with Crippen LogP contribution in [0.3, 0.4) is 0 Å². The van der Waals surface area contributed by atoms with Crippen molar-refractivity contribution in [3.05, 3.63) is 65.2 Å². The second-order valence-corrected chi connectivity index (χ2v) is 6.88. The van der Waals surface area contributed by atoms with Crippen LogP contribution in [0.25, 0.3) is 12.2 Å². The van der Waals surface area contributed by atoms with Gasteiger partial charge in [-0.3, -0.25) is 0 Å². The first kappa shape index (κ1) is 25.5. The molecule has 160 valence electrons. The Morgan fingerprint density at radius 3 is 1.66 bits per heavy atom. The molecule has 0 atom stereocenters. The number of halogens is 4. The van der Waals surface area contributed by atoms with Crippen molar-refractivity contribution < 1.29 is 46.4 Å². The summed E-state index contributed by atoms with van der Waals surface area (Å²) in [4.78, 5) is 0. The van der Waals surface area contributed by atoms with Crippen LogP contribution in [0.5, 0.6) is 5.75 Å². The Labute approximate surface area is 189 Å². The van der Waals surface area contributed by atoms with Gasteiger partial charge >= 0.3 is 6.18 Å². The molecule has 0 saturated heterocycles. The molecule has 0 N–H and O–H groups in total. The Balaban J connectivity index is 0.00000420. The number of likely N-dealkylation sites (N-methyl/N-ethyl adjacent to an activating group) is 1. The minimum Gasteiger partial charge on any atom is -1.00 e. The second kappa shape index (κ2) is 11.6. The molecule has 29 heavy (non-hydrogen) atoms. The van der Waals surface area contributed by atoms with Crippen molar-refractivity contribution in [2.45, 2.75) is 26.9 Å². The third-order valence-electron chi connectivity index (χ3n) is 5.43. The van der Waals surface area contributed by atoms with Gasteiger partial charge in [0.2, 0.25) is 0 Å². The molecule has 2 rings (SSSR count). The van der Waals surface area contributed by atoms with Gasteiger partial charge in [-0.05, 0) is 56.2 Å². The number of hydrogen-bond donors (Lipinski definition) is 0. The van der Waals surface area contributed by atoms with E-state index in [9.17, 15) is 13.2 Å². The summed E-state index contributed by atoms with van der Waals surface area (Å²) in [6.45, 7) is 11.6. The Hall–Kier alpha value is -1.54. The molecule has 0 unspecified atom stereocenters. The average Bonchev–Trinajstić information content (AvgIpc) is 2.71. The molecule has 0 aromatic heterocycles. The quantitative estimate of drug-likeness (QED) is 0.281. The summed E-state index contributed by atoms with van der Waals surface area (Å²) in [6, 6.07) is 12.9. The number of quaternary nitrogens is 1. The van der Waals surface area contributed by atoms with Gasteiger partial charge in [-0.25, -0.2) is 0 Å². The lowest BCUT2D eigenvalue weighted by atomic mass is 10.1. The van der Waals surface area contributed by atoms with Gasteiger partial charge in [-0.1, -0.05) is 36.4 Å². The fraction of sp³-hybridized carbons (Fsp3) is 0.391.